The Balaban J connectivity index is 1.34. The number of H-pyrrole nitrogens is 1. The van der Waals surface area contributed by atoms with E-state index in [1.807, 2.05) is 13.1 Å². The first-order valence-electron chi connectivity index (χ1n) is 11.9. The van der Waals surface area contributed by atoms with Gasteiger partial charge in [0.2, 0.25) is 0 Å². The van der Waals surface area contributed by atoms with Crippen LogP contribution in [-0.4, -0.2) is 22.8 Å². The fourth-order valence-electron chi connectivity index (χ4n) is 5.59. The normalized spacial score (nSPS) is 18.4. The molecule has 0 fully saturated rings. The Labute approximate surface area is 194 Å². The maximum atomic E-state index is 12.3. The van der Waals surface area contributed by atoms with E-state index in [9.17, 15) is 4.79 Å². The molecule has 4 heteroatoms. The summed E-state index contributed by atoms with van der Waals surface area (Å²) in [5, 5.41) is 5.20. The number of aryl methyl sites for hydroxylation is 1. The molecule has 0 saturated carbocycles. The molecule has 2 atom stereocenters. The lowest BCUT2D eigenvalue weighted by molar-refractivity contribution is 0.0816. The molecule has 166 valence electrons. The second-order valence-electron chi connectivity index (χ2n) is 9.55. The number of hydrogen-bond acceptors (Lipinski definition) is 2. The molecule has 4 aromatic rings. The molecule has 1 aliphatic carbocycles. The van der Waals surface area contributed by atoms with Crippen LogP contribution in [0.1, 0.15) is 64.6 Å². The minimum absolute atomic E-state index is 0.120. The molecular weight excluding hydrogens is 406 g/mol. The third-order valence-corrected chi connectivity index (χ3v) is 7.38. The van der Waals surface area contributed by atoms with Gasteiger partial charge in [-0.15, -0.1) is 0 Å². The Morgan fingerprint density at radius 1 is 1.03 bits per heavy atom. The number of hydrogen-bond donors (Lipinski definition) is 2. The number of aromatic nitrogens is 1. The first-order chi connectivity index (χ1) is 16.1. The van der Waals surface area contributed by atoms with E-state index in [0.717, 1.165) is 24.0 Å². The van der Waals surface area contributed by atoms with Crippen LogP contribution in [0.25, 0.3) is 22.0 Å². The van der Waals surface area contributed by atoms with Crippen molar-refractivity contribution in [2.75, 3.05) is 7.05 Å². The van der Waals surface area contributed by atoms with Crippen LogP contribution in [-0.2, 0) is 13.0 Å². The summed E-state index contributed by atoms with van der Waals surface area (Å²) in [6, 6.07) is 24.3. The molecule has 0 bridgehead atoms. The Morgan fingerprint density at radius 3 is 2.67 bits per heavy atom. The molecule has 1 amide bonds. The van der Waals surface area contributed by atoms with Gasteiger partial charge in [0.05, 0.1) is 0 Å². The Morgan fingerprint density at radius 2 is 1.82 bits per heavy atom. The molecule has 3 aromatic carbocycles. The van der Waals surface area contributed by atoms with Crippen LogP contribution in [0.15, 0.2) is 66.7 Å². The van der Waals surface area contributed by atoms with Crippen molar-refractivity contribution >= 4 is 16.8 Å². The van der Waals surface area contributed by atoms with E-state index in [4.69, 9.17) is 0 Å². The Kier molecular flexibility index (Phi) is 4.84. The third kappa shape index (κ3) is 3.46. The second-order valence-corrected chi connectivity index (χ2v) is 9.55. The summed E-state index contributed by atoms with van der Waals surface area (Å²) >= 11 is 0. The van der Waals surface area contributed by atoms with Crippen LogP contribution in [0, 0.1) is 0 Å². The summed E-state index contributed by atoms with van der Waals surface area (Å²) in [5.74, 6) is 0.120. The van der Waals surface area contributed by atoms with Crippen LogP contribution >= 0.6 is 0 Å². The van der Waals surface area contributed by atoms with Gasteiger partial charge in [-0.3, -0.25) is 4.79 Å². The van der Waals surface area contributed by atoms with Gasteiger partial charge in [-0.05, 0) is 78.3 Å². The molecule has 0 spiro atoms. The summed E-state index contributed by atoms with van der Waals surface area (Å²) in [6.45, 7) is 2.94. The molecule has 1 aliphatic heterocycles. The van der Waals surface area contributed by atoms with Gasteiger partial charge in [0.15, 0.2) is 0 Å². The van der Waals surface area contributed by atoms with Crippen molar-refractivity contribution in [3.8, 4) is 11.1 Å². The monoisotopic (exact) mass is 435 g/mol. The first kappa shape index (κ1) is 20.3. The Hall–Kier alpha value is -3.37. The molecule has 33 heavy (non-hydrogen) atoms. The lowest BCUT2D eigenvalue weighted by atomic mass is 9.90. The highest BCUT2D eigenvalue weighted by Gasteiger charge is 2.27. The lowest BCUT2D eigenvalue weighted by Gasteiger charge is -2.27. The highest BCUT2D eigenvalue weighted by Crippen LogP contribution is 2.38. The van der Waals surface area contributed by atoms with E-state index < -0.39 is 0 Å². The molecule has 4 nitrogen and oxygen atoms in total. The van der Waals surface area contributed by atoms with Gasteiger partial charge < -0.3 is 15.2 Å². The maximum absolute atomic E-state index is 12.3. The Bertz CT molecular complexity index is 1350. The zero-order chi connectivity index (χ0) is 22.5. The zero-order valence-electron chi connectivity index (χ0n) is 19.2. The molecule has 2 heterocycles. The standard InChI is InChI=1S/C29H29N3O/c1-18(19-7-4-3-5-8-19)30-27-10-6-9-24-25-16-21(12-14-26(25)31-28(24)27)20-11-13-23-22(15-20)17-32(2)29(23)33/h3-5,7-8,11-16,18,27,30-31H,6,9-10,17H2,1-2H3. The van der Waals surface area contributed by atoms with Crippen molar-refractivity contribution < 1.29 is 4.79 Å². The summed E-state index contributed by atoms with van der Waals surface area (Å²) in [7, 11) is 1.86. The van der Waals surface area contributed by atoms with Crippen molar-refractivity contribution in [2.45, 2.75) is 44.8 Å². The smallest absolute Gasteiger partial charge is 0.254 e. The molecule has 0 saturated heterocycles. The summed E-state index contributed by atoms with van der Waals surface area (Å²) in [4.78, 5) is 17.8. The van der Waals surface area contributed by atoms with E-state index in [2.05, 4.69) is 77.9 Å². The number of aromatic amines is 1. The van der Waals surface area contributed by atoms with E-state index >= 15 is 0 Å². The lowest BCUT2D eigenvalue weighted by Crippen LogP contribution is -2.27. The van der Waals surface area contributed by atoms with Crippen molar-refractivity contribution in [1.29, 1.82) is 0 Å². The minimum Gasteiger partial charge on any atom is -0.357 e. The number of benzene rings is 3. The van der Waals surface area contributed by atoms with Gasteiger partial charge in [0.25, 0.3) is 5.91 Å². The predicted molar refractivity (Wildman–Crippen MR) is 133 cm³/mol. The molecule has 1 aromatic heterocycles. The van der Waals surface area contributed by atoms with Gasteiger partial charge >= 0.3 is 0 Å². The van der Waals surface area contributed by atoms with Crippen molar-refractivity contribution in [2.24, 2.45) is 0 Å². The molecule has 0 radical (unpaired) electrons. The first-order valence-corrected chi connectivity index (χ1v) is 11.9. The summed E-state index contributed by atoms with van der Waals surface area (Å²) in [5.41, 5.74) is 9.67. The van der Waals surface area contributed by atoms with Crippen LogP contribution in [0.4, 0.5) is 0 Å². The minimum atomic E-state index is 0.120. The quantitative estimate of drug-likeness (QED) is 0.404. The molecule has 2 N–H and O–H groups in total. The number of amides is 1. The van der Waals surface area contributed by atoms with Gasteiger partial charge in [-0.25, -0.2) is 0 Å². The van der Waals surface area contributed by atoms with E-state index in [1.165, 1.54) is 45.3 Å². The highest BCUT2D eigenvalue weighted by molar-refractivity contribution is 5.99. The molecular formula is C29H29N3O. The summed E-state index contributed by atoms with van der Waals surface area (Å²) in [6.07, 6.45) is 3.45. The van der Waals surface area contributed by atoms with Gasteiger partial charge in [-0.1, -0.05) is 42.5 Å². The van der Waals surface area contributed by atoms with Crippen molar-refractivity contribution in [1.82, 2.24) is 15.2 Å². The topological polar surface area (TPSA) is 48.1 Å². The third-order valence-electron chi connectivity index (χ3n) is 7.38. The second kappa shape index (κ2) is 7.89. The number of rotatable bonds is 4. The predicted octanol–water partition coefficient (Wildman–Crippen LogP) is 6.15. The van der Waals surface area contributed by atoms with Crippen LogP contribution in [0.3, 0.4) is 0 Å². The number of carbonyl (C=O) groups excluding carboxylic acids is 1. The van der Waals surface area contributed by atoms with Gasteiger partial charge in [-0.2, -0.15) is 0 Å². The molecule has 2 aliphatic rings. The van der Waals surface area contributed by atoms with Crippen LogP contribution in [0.2, 0.25) is 0 Å². The molecule has 6 rings (SSSR count). The number of fused-ring (bicyclic) bond motifs is 4. The highest BCUT2D eigenvalue weighted by atomic mass is 16.2. The van der Waals surface area contributed by atoms with Crippen molar-refractivity contribution in [3.05, 3.63) is 94.7 Å². The van der Waals surface area contributed by atoms with E-state index in [-0.39, 0.29) is 5.91 Å². The average Bonchev–Trinajstić information content (AvgIpc) is 3.36. The fraction of sp³-hybridized carbons (Fsp3) is 0.276. The van der Waals surface area contributed by atoms with Crippen molar-refractivity contribution in [3.63, 3.8) is 0 Å². The number of nitrogens with one attached hydrogen (secondary N) is 2. The van der Waals surface area contributed by atoms with Gasteiger partial charge in [0, 0.05) is 47.8 Å². The van der Waals surface area contributed by atoms with E-state index in [0.29, 0.717) is 18.6 Å². The van der Waals surface area contributed by atoms with Gasteiger partial charge in [0.1, 0.15) is 0 Å². The number of nitrogens with zero attached hydrogens (tertiary/aromatic N) is 1. The molecule has 2 unspecified atom stereocenters. The number of carbonyl (C=O) groups is 1. The van der Waals surface area contributed by atoms with Crippen LogP contribution in [0.5, 0.6) is 0 Å². The largest absolute Gasteiger partial charge is 0.357 e. The van der Waals surface area contributed by atoms with E-state index in [1.54, 1.807) is 4.90 Å². The average molecular weight is 436 g/mol. The van der Waals surface area contributed by atoms with Crippen LogP contribution < -0.4 is 5.32 Å². The SMILES string of the molecule is CC(NC1CCCc2c1[nH]c1ccc(-c3ccc4c(c3)CN(C)C4=O)cc21)c1ccccc1. The summed E-state index contributed by atoms with van der Waals surface area (Å²) < 4.78 is 0. The maximum Gasteiger partial charge on any atom is 0.254 e. The zero-order valence-corrected chi connectivity index (χ0v) is 19.2. The fourth-order valence-corrected chi connectivity index (χ4v) is 5.59.